The molecule has 27 heavy (non-hydrogen) atoms. The van der Waals surface area contributed by atoms with Crippen LogP contribution in [0.2, 0.25) is 0 Å². The summed E-state index contributed by atoms with van der Waals surface area (Å²) in [6.07, 6.45) is 1.60. The normalized spacial score (nSPS) is 12.1. The number of carbonyl (C=O) groups excluding carboxylic acids is 1. The van der Waals surface area contributed by atoms with Crippen molar-refractivity contribution in [1.82, 2.24) is 15.3 Å². The molecule has 0 unspecified atom stereocenters. The van der Waals surface area contributed by atoms with Crippen molar-refractivity contribution in [3.8, 4) is 11.1 Å². The highest BCUT2D eigenvalue weighted by Crippen LogP contribution is 2.36. The van der Waals surface area contributed by atoms with Crippen LogP contribution < -0.4 is 10.9 Å². The number of H-pyrrole nitrogens is 1. The number of aryl methyl sites for hydroxylation is 1. The fraction of sp³-hybridized carbons (Fsp3) is 0.211. The third kappa shape index (κ3) is 4.12. The molecule has 140 valence electrons. The molecule has 1 amide bonds. The molecule has 1 aromatic carbocycles. The number of carbonyl (C=O) groups is 1. The third-order valence-corrected chi connectivity index (χ3v) is 5.91. The smallest absolute Gasteiger partial charge is 0.260 e. The van der Waals surface area contributed by atoms with Gasteiger partial charge in [-0.25, -0.2) is 9.37 Å². The van der Waals surface area contributed by atoms with Crippen LogP contribution in [-0.4, -0.2) is 27.7 Å². The summed E-state index contributed by atoms with van der Waals surface area (Å²) < 4.78 is 13.2. The van der Waals surface area contributed by atoms with Crippen molar-refractivity contribution in [1.29, 1.82) is 0 Å². The first-order chi connectivity index (χ1) is 12.9. The number of halogens is 1. The van der Waals surface area contributed by atoms with Crippen LogP contribution in [0.25, 0.3) is 21.3 Å². The SMILES string of the molecule is C=CCNC(=O)[C@H](C)Sc1nc2sc(C)c(-c3ccc(F)cc3)c2c(=O)[nH]1. The first-order valence-electron chi connectivity index (χ1n) is 8.25. The number of aromatic amines is 1. The molecular formula is C19H18FN3O2S2. The summed E-state index contributed by atoms with van der Waals surface area (Å²) >= 11 is 2.59. The zero-order valence-electron chi connectivity index (χ0n) is 14.8. The van der Waals surface area contributed by atoms with Gasteiger partial charge in [-0.2, -0.15) is 0 Å². The van der Waals surface area contributed by atoms with Crippen LogP contribution in [0.4, 0.5) is 4.39 Å². The van der Waals surface area contributed by atoms with Gasteiger partial charge in [0, 0.05) is 17.0 Å². The molecule has 5 nitrogen and oxygen atoms in total. The Bertz CT molecular complexity index is 1060. The number of benzene rings is 1. The van der Waals surface area contributed by atoms with Gasteiger partial charge in [0.25, 0.3) is 5.56 Å². The lowest BCUT2D eigenvalue weighted by Crippen LogP contribution is -2.31. The quantitative estimate of drug-likeness (QED) is 0.372. The Hall–Kier alpha value is -2.45. The van der Waals surface area contributed by atoms with Gasteiger partial charge in [0.15, 0.2) is 5.16 Å². The number of fused-ring (bicyclic) bond motifs is 1. The number of nitrogens with one attached hydrogen (secondary N) is 2. The van der Waals surface area contributed by atoms with Gasteiger partial charge in [0.05, 0.1) is 10.6 Å². The Labute approximate surface area is 163 Å². The van der Waals surface area contributed by atoms with Crippen LogP contribution in [0, 0.1) is 12.7 Å². The highest BCUT2D eigenvalue weighted by atomic mass is 32.2. The predicted molar refractivity (Wildman–Crippen MR) is 109 cm³/mol. The van der Waals surface area contributed by atoms with E-state index in [2.05, 4.69) is 21.9 Å². The van der Waals surface area contributed by atoms with Crippen molar-refractivity contribution >= 4 is 39.2 Å². The molecule has 0 saturated heterocycles. The summed E-state index contributed by atoms with van der Waals surface area (Å²) in [6, 6.07) is 6.04. The molecule has 1 atom stereocenters. The highest BCUT2D eigenvalue weighted by Gasteiger charge is 2.19. The van der Waals surface area contributed by atoms with Gasteiger partial charge in [-0.15, -0.1) is 17.9 Å². The van der Waals surface area contributed by atoms with Gasteiger partial charge in [0.2, 0.25) is 5.91 Å². The second kappa shape index (κ2) is 8.06. The minimum absolute atomic E-state index is 0.156. The number of thioether (sulfide) groups is 1. The van der Waals surface area contributed by atoms with Crippen molar-refractivity contribution in [3.05, 3.63) is 58.0 Å². The lowest BCUT2D eigenvalue weighted by molar-refractivity contribution is -0.120. The van der Waals surface area contributed by atoms with Crippen LogP contribution in [0.5, 0.6) is 0 Å². The van der Waals surface area contributed by atoms with Gasteiger partial charge in [-0.1, -0.05) is 30.0 Å². The second-order valence-electron chi connectivity index (χ2n) is 5.89. The first-order valence-corrected chi connectivity index (χ1v) is 9.95. The zero-order valence-corrected chi connectivity index (χ0v) is 16.5. The molecule has 0 radical (unpaired) electrons. The Kier molecular flexibility index (Phi) is 5.76. The first kappa shape index (κ1) is 19.3. The summed E-state index contributed by atoms with van der Waals surface area (Å²) in [5, 5.41) is 3.18. The molecule has 0 aliphatic heterocycles. The predicted octanol–water partition coefficient (Wildman–Crippen LogP) is 3.88. The van der Waals surface area contributed by atoms with Gasteiger partial charge in [0.1, 0.15) is 10.6 Å². The molecular weight excluding hydrogens is 385 g/mol. The fourth-order valence-corrected chi connectivity index (χ4v) is 4.58. The summed E-state index contributed by atoms with van der Waals surface area (Å²) in [6.45, 7) is 7.60. The molecule has 3 rings (SSSR count). The van der Waals surface area contributed by atoms with Crippen LogP contribution in [0.15, 0.2) is 46.9 Å². The average Bonchev–Trinajstić information content (AvgIpc) is 2.96. The van der Waals surface area contributed by atoms with Crippen molar-refractivity contribution in [2.45, 2.75) is 24.3 Å². The minimum atomic E-state index is -0.414. The Balaban J connectivity index is 1.97. The third-order valence-electron chi connectivity index (χ3n) is 3.93. The molecule has 2 heterocycles. The van der Waals surface area contributed by atoms with E-state index < -0.39 is 5.25 Å². The van der Waals surface area contributed by atoms with E-state index in [4.69, 9.17) is 0 Å². The molecule has 0 spiro atoms. The number of hydrogen-bond acceptors (Lipinski definition) is 5. The van der Waals surface area contributed by atoms with Crippen LogP contribution in [0.3, 0.4) is 0 Å². The molecule has 0 fully saturated rings. The van der Waals surface area contributed by atoms with Crippen LogP contribution in [0.1, 0.15) is 11.8 Å². The minimum Gasteiger partial charge on any atom is -0.352 e. The average molecular weight is 404 g/mol. The molecule has 0 aliphatic carbocycles. The second-order valence-corrected chi connectivity index (χ2v) is 8.42. The highest BCUT2D eigenvalue weighted by molar-refractivity contribution is 8.00. The fourth-order valence-electron chi connectivity index (χ4n) is 2.66. The van der Waals surface area contributed by atoms with E-state index in [9.17, 15) is 14.0 Å². The maximum Gasteiger partial charge on any atom is 0.260 e. The van der Waals surface area contributed by atoms with E-state index in [-0.39, 0.29) is 17.3 Å². The van der Waals surface area contributed by atoms with E-state index in [1.807, 2.05) is 6.92 Å². The maximum atomic E-state index is 13.2. The molecule has 0 aliphatic rings. The molecule has 2 aromatic heterocycles. The van der Waals surface area contributed by atoms with Gasteiger partial charge < -0.3 is 10.3 Å². The van der Waals surface area contributed by atoms with E-state index in [0.29, 0.717) is 21.9 Å². The summed E-state index contributed by atoms with van der Waals surface area (Å²) in [4.78, 5) is 33.5. The van der Waals surface area contributed by atoms with Crippen LogP contribution >= 0.6 is 23.1 Å². The summed E-state index contributed by atoms with van der Waals surface area (Å²) in [5.74, 6) is -0.484. The maximum absolute atomic E-state index is 13.2. The zero-order chi connectivity index (χ0) is 19.6. The van der Waals surface area contributed by atoms with Crippen molar-refractivity contribution in [2.75, 3.05) is 6.54 Å². The van der Waals surface area contributed by atoms with Gasteiger partial charge >= 0.3 is 0 Å². The van der Waals surface area contributed by atoms with E-state index in [1.54, 1.807) is 25.1 Å². The largest absolute Gasteiger partial charge is 0.352 e. The molecule has 2 N–H and O–H groups in total. The number of amides is 1. The summed E-state index contributed by atoms with van der Waals surface area (Å²) in [5.41, 5.74) is 1.26. The van der Waals surface area contributed by atoms with E-state index in [0.717, 1.165) is 16.0 Å². The number of aromatic nitrogens is 2. The van der Waals surface area contributed by atoms with E-state index in [1.165, 1.54) is 35.2 Å². The van der Waals surface area contributed by atoms with Gasteiger partial charge in [-0.05, 0) is 31.5 Å². The molecule has 8 heteroatoms. The molecule has 0 saturated carbocycles. The van der Waals surface area contributed by atoms with E-state index >= 15 is 0 Å². The van der Waals surface area contributed by atoms with Crippen molar-refractivity contribution < 1.29 is 9.18 Å². The van der Waals surface area contributed by atoms with Crippen molar-refractivity contribution in [2.24, 2.45) is 0 Å². The number of nitrogens with zero attached hydrogens (tertiary/aromatic N) is 1. The Morgan fingerprint density at radius 2 is 2.15 bits per heavy atom. The van der Waals surface area contributed by atoms with Crippen molar-refractivity contribution in [3.63, 3.8) is 0 Å². The number of hydrogen-bond donors (Lipinski definition) is 2. The Morgan fingerprint density at radius 3 is 2.81 bits per heavy atom. The lowest BCUT2D eigenvalue weighted by atomic mass is 10.0. The Morgan fingerprint density at radius 1 is 1.44 bits per heavy atom. The topological polar surface area (TPSA) is 74.8 Å². The standard InChI is InChI=1S/C19H18FN3O2S2/c1-4-9-21-16(24)11(3)27-19-22-17(25)15-14(10(2)26-18(15)23-19)12-5-7-13(20)8-6-12/h4-8,11H,1,9H2,2-3H3,(H,21,24)(H,22,23,25)/t11-/m0/s1. The lowest BCUT2D eigenvalue weighted by Gasteiger charge is -2.10. The summed E-state index contributed by atoms with van der Waals surface area (Å²) in [7, 11) is 0. The monoisotopic (exact) mass is 403 g/mol. The van der Waals surface area contributed by atoms with Crippen LogP contribution in [-0.2, 0) is 4.79 Å². The number of rotatable bonds is 6. The van der Waals surface area contributed by atoms with Gasteiger partial charge in [-0.3, -0.25) is 9.59 Å². The molecule has 3 aromatic rings. The number of thiophene rings is 1. The molecule has 0 bridgehead atoms.